The minimum Gasteiger partial charge on any atom is -0.393 e. The Morgan fingerprint density at radius 1 is 1.00 bits per heavy atom. The predicted molar refractivity (Wildman–Crippen MR) is 137 cm³/mol. The number of fused-ring (bicyclic) bond motifs is 1. The molecule has 1 saturated heterocycles. The zero-order valence-electron chi connectivity index (χ0n) is 18.9. The molecule has 0 radical (unpaired) electrons. The van der Waals surface area contributed by atoms with E-state index in [-0.39, 0.29) is 18.2 Å². The van der Waals surface area contributed by atoms with Crippen molar-refractivity contribution in [3.8, 4) is 0 Å². The van der Waals surface area contributed by atoms with E-state index in [9.17, 15) is 14.2 Å². The van der Waals surface area contributed by atoms with Gasteiger partial charge in [-0.05, 0) is 50.7 Å². The van der Waals surface area contributed by atoms with Crippen molar-refractivity contribution in [3.05, 3.63) is 30.1 Å². The van der Waals surface area contributed by atoms with Crippen LogP contribution in [0.25, 0.3) is 10.3 Å². The van der Waals surface area contributed by atoms with Crippen LogP contribution in [0.5, 0.6) is 0 Å². The van der Waals surface area contributed by atoms with Crippen LogP contribution in [0.15, 0.2) is 24.4 Å². The lowest BCUT2D eigenvalue weighted by atomic mass is 9.93. The van der Waals surface area contributed by atoms with E-state index in [2.05, 4.69) is 30.9 Å². The summed E-state index contributed by atoms with van der Waals surface area (Å²) in [4.78, 5) is 19.2. The maximum Gasteiger partial charge on any atom is 0.225 e. The third-order valence-electron chi connectivity index (χ3n) is 6.37. The average Bonchev–Trinajstić information content (AvgIpc) is 3.22. The van der Waals surface area contributed by atoms with Crippen molar-refractivity contribution >= 4 is 49.2 Å². The standard InChI is InChI=1S/C22H31N7O3S2/c30-17-5-3-15(4-6-17)25-21-26-16(13-24-14-7-10-34(31,32)11-8-14)12-19(28-21)29-22-27-18-2-1-9-23-20(18)33-22/h1-2,9,12,14-15,17,24,30-32H,3-8,10-11,13H2,(H2,25,26,27,28,29). The molecule has 0 aromatic carbocycles. The maximum absolute atomic E-state index is 9.86. The molecule has 1 aliphatic heterocycles. The Hall–Kier alpha value is -2.09. The van der Waals surface area contributed by atoms with Crippen LogP contribution in [0.3, 0.4) is 0 Å². The van der Waals surface area contributed by atoms with Gasteiger partial charge in [0.25, 0.3) is 0 Å². The highest BCUT2D eigenvalue weighted by atomic mass is 32.3. The zero-order chi connectivity index (χ0) is 23.5. The van der Waals surface area contributed by atoms with Crippen LogP contribution in [0, 0.1) is 0 Å². The average molecular weight is 506 g/mol. The number of hydrogen-bond donors (Lipinski definition) is 6. The highest BCUT2D eigenvalue weighted by Crippen LogP contribution is 2.43. The minimum absolute atomic E-state index is 0.215. The molecule has 3 aromatic heterocycles. The topological polar surface area (TPSA) is 148 Å². The van der Waals surface area contributed by atoms with Crippen molar-refractivity contribution in [3.63, 3.8) is 0 Å². The third kappa shape index (κ3) is 6.12. The first-order chi connectivity index (χ1) is 16.4. The number of nitrogens with one attached hydrogen (secondary N) is 3. The van der Waals surface area contributed by atoms with Gasteiger partial charge in [-0.25, -0.2) is 15.0 Å². The number of aromatic nitrogens is 4. The molecule has 4 heterocycles. The van der Waals surface area contributed by atoms with Gasteiger partial charge in [0.2, 0.25) is 5.95 Å². The normalized spacial score (nSPS) is 24.1. The molecule has 184 valence electrons. The molecule has 0 unspecified atom stereocenters. The fourth-order valence-corrected chi connectivity index (χ4v) is 6.76. The Labute approximate surface area is 204 Å². The predicted octanol–water partition coefficient (Wildman–Crippen LogP) is 3.94. The van der Waals surface area contributed by atoms with Crippen molar-refractivity contribution < 1.29 is 14.2 Å². The highest BCUT2D eigenvalue weighted by molar-refractivity contribution is 8.24. The van der Waals surface area contributed by atoms with Gasteiger partial charge in [-0.15, -0.1) is 0 Å². The Balaban J connectivity index is 1.31. The van der Waals surface area contributed by atoms with E-state index in [4.69, 9.17) is 4.98 Å². The molecule has 10 nitrogen and oxygen atoms in total. The molecule has 2 aliphatic rings. The van der Waals surface area contributed by atoms with Gasteiger partial charge in [-0.3, -0.25) is 9.11 Å². The lowest BCUT2D eigenvalue weighted by Gasteiger charge is -2.39. The lowest BCUT2D eigenvalue weighted by Crippen LogP contribution is -2.36. The molecular formula is C22H31N7O3S2. The van der Waals surface area contributed by atoms with Crippen molar-refractivity contribution in [2.45, 2.75) is 63.3 Å². The van der Waals surface area contributed by atoms with E-state index in [1.165, 1.54) is 11.3 Å². The largest absolute Gasteiger partial charge is 0.393 e. The van der Waals surface area contributed by atoms with E-state index >= 15 is 0 Å². The summed E-state index contributed by atoms with van der Waals surface area (Å²) in [6.45, 7) is 0.556. The number of aliphatic hydroxyl groups is 1. The van der Waals surface area contributed by atoms with Crippen molar-refractivity contribution in [1.82, 2.24) is 25.3 Å². The second kappa shape index (κ2) is 10.3. The first kappa shape index (κ1) is 23.6. The van der Waals surface area contributed by atoms with Crippen LogP contribution in [-0.2, 0) is 6.54 Å². The summed E-state index contributed by atoms with van der Waals surface area (Å²) < 4.78 is 19.7. The van der Waals surface area contributed by atoms with Gasteiger partial charge in [0, 0.05) is 42.4 Å². The highest BCUT2D eigenvalue weighted by Gasteiger charge is 2.24. The van der Waals surface area contributed by atoms with Crippen LogP contribution in [0.4, 0.5) is 16.9 Å². The first-order valence-electron chi connectivity index (χ1n) is 11.7. The second-order valence-corrected chi connectivity index (χ2v) is 12.5. The summed E-state index contributed by atoms with van der Waals surface area (Å²) >= 11 is 1.47. The van der Waals surface area contributed by atoms with Crippen molar-refractivity contribution in [1.29, 1.82) is 0 Å². The summed E-state index contributed by atoms with van der Waals surface area (Å²) in [6, 6.07) is 6.18. The lowest BCUT2D eigenvalue weighted by molar-refractivity contribution is 0.126. The monoisotopic (exact) mass is 505 g/mol. The van der Waals surface area contributed by atoms with Gasteiger partial charge in [-0.1, -0.05) is 11.3 Å². The summed E-state index contributed by atoms with van der Waals surface area (Å²) in [5, 5.41) is 20.8. The molecule has 1 aliphatic carbocycles. The summed E-state index contributed by atoms with van der Waals surface area (Å²) in [6.07, 6.45) is 6.36. The molecule has 34 heavy (non-hydrogen) atoms. The number of thiazole rings is 1. The Kier molecular flexibility index (Phi) is 7.14. The van der Waals surface area contributed by atoms with Crippen LogP contribution >= 0.6 is 21.9 Å². The molecule has 0 atom stereocenters. The molecule has 0 amide bonds. The van der Waals surface area contributed by atoms with Crippen molar-refractivity contribution in [2.24, 2.45) is 0 Å². The molecule has 1 saturated carbocycles. The first-order valence-corrected chi connectivity index (χ1v) is 14.4. The Morgan fingerprint density at radius 3 is 2.56 bits per heavy atom. The summed E-state index contributed by atoms with van der Waals surface area (Å²) in [7, 11) is -2.39. The zero-order valence-corrected chi connectivity index (χ0v) is 20.5. The molecular weight excluding hydrogens is 474 g/mol. The van der Waals surface area contributed by atoms with E-state index in [1.807, 2.05) is 18.2 Å². The van der Waals surface area contributed by atoms with Crippen molar-refractivity contribution in [2.75, 3.05) is 22.1 Å². The molecule has 0 bridgehead atoms. The van der Waals surface area contributed by atoms with Crippen LogP contribution in [0.1, 0.15) is 44.2 Å². The maximum atomic E-state index is 9.86. The van der Waals surface area contributed by atoms with Gasteiger partial charge >= 0.3 is 0 Å². The molecule has 3 aromatic rings. The van der Waals surface area contributed by atoms with Crippen LogP contribution in [-0.4, -0.2) is 63.8 Å². The molecule has 2 fully saturated rings. The summed E-state index contributed by atoms with van der Waals surface area (Å²) in [5.41, 5.74) is 1.68. The minimum atomic E-state index is -2.39. The quantitative estimate of drug-likeness (QED) is 0.279. The molecule has 12 heteroatoms. The van der Waals surface area contributed by atoms with E-state index < -0.39 is 10.6 Å². The number of aliphatic hydroxyl groups excluding tert-OH is 1. The van der Waals surface area contributed by atoms with Gasteiger partial charge in [0.05, 0.1) is 11.8 Å². The van der Waals surface area contributed by atoms with E-state index in [0.717, 1.165) is 59.7 Å². The number of rotatable bonds is 7. The van der Waals surface area contributed by atoms with Gasteiger partial charge in [0.1, 0.15) is 16.2 Å². The number of hydrogen-bond acceptors (Lipinski definition) is 11. The number of pyridine rings is 1. The summed E-state index contributed by atoms with van der Waals surface area (Å²) in [5.74, 6) is 2.11. The van der Waals surface area contributed by atoms with Crippen LogP contribution < -0.4 is 16.0 Å². The fourth-order valence-electron chi connectivity index (χ4n) is 4.41. The number of anilines is 3. The van der Waals surface area contributed by atoms with Gasteiger partial charge < -0.3 is 21.1 Å². The third-order valence-corrected chi connectivity index (χ3v) is 9.04. The fraction of sp³-hybridized carbons (Fsp3) is 0.545. The second-order valence-electron chi connectivity index (χ2n) is 9.06. The van der Waals surface area contributed by atoms with E-state index in [0.29, 0.717) is 29.8 Å². The number of nitrogens with zero attached hydrogens (tertiary/aromatic N) is 4. The van der Waals surface area contributed by atoms with Gasteiger partial charge in [0.15, 0.2) is 5.13 Å². The Bertz CT molecular complexity index is 1080. The Morgan fingerprint density at radius 2 is 1.79 bits per heavy atom. The molecule has 0 spiro atoms. The molecule has 5 rings (SSSR count). The van der Waals surface area contributed by atoms with E-state index in [1.54, 1.807) is 6.20 Å². The smallest absolute Gasteiger partial charge is 0.225 e. The van der Waals surface area contributed by atoms with Crippen LogP contribution in [0.2, 0.25) is 0 Å². The SMILES string of the molecule is OC1CCC(Nc2nc(CNC3CCS(O)(O)CC3)cc(Nc3nc4cccnc4s3)n2)CC1. The van der Waals surface area contributed by atoms with Gasteiger partial charge in [-0.2, -0.15) is 15.6 Å². The molecule has 6 N–H and O–H groups in total.